The topological polar surface area (TPSA) is 117 Å². The summed E-state index contributed by atoms with van der Waals surface area (Å²) in [6.45, 7) is 5.88. The average molecular weight is 404 g/mol. The monoisotopic (exact) mass is 404 g/mol. The van der Waals surface area contributed by atoms with Crippen LogP contribution in [0.2, 0.25) is 0 Å². The lowest BCUT2D eigenvalue weighted by molar-refractivity contribution is 0.0547. The Hall–Kier alpha value is -2.53. The predicted molar refractivity (Wildman–Crippen MR) is 109 cm³/mol. The number of ether oxygens (including phenoxy) is 4. The van der Waals surface area contributed by atoms with Crippen molar-refractivity contribution < 1.29 is 18.9 Å². The highest BCUT2D eigenvalue weighted by Gasteiger charge is 2.17. The van der Waals surface area contributed by atoms with Crippen LogP contribution in [-0.4, -0.2) is 80.8 Å². The number of hydrogen-bond acceptors (Lipinski definition) is 10. The van der Waals surface area contributed by atoms with E-state index in [-0.39, 0.29) is 6.01 Å². The van der Waals surface area contributed by atoms with Gasteiger partial charge in [0.1, 0.15) is 5.75 Å². The van der Waals surface area contributed by atoms with Gasteiger partial charge in [0.05, 0.1) is 39.6 Å². The van der Waals surface area contributed by atoms with Crippen LogP contribution in [-0.2, 0) is 14.2 Å². The molecule has 0 saturated carbocycles. The molecule has 1 aromatic carbocycles. The van der Waals surface area contributed by atoms with E-state index in [1.807, 2.05) is 30.3 Å². The van der Waals surface area contributed by atoms with Crippen LogP contribution in [0.3, 0.4) is 0 Å². The lowest BCUT2D eigenvalue weighted by atomic mass is 10.3. The fourth-order valence-electron chi connectivity index (χ4n) is 2.61. The summed E-state index contributed by atoms with van der Waals surface area (Å²) in [6, 6.07) is 9.66. The van der Waals surface area contributed by atoms with Gasteiger partial charge in [-0.05, 0) is 12.1 Å². The first-order chi connectivity index (χ1) is 14.3. The second kappa shape index (κ2) is 12.1. The number of aromatic nitrogens is 3. The molecule has 0 aliphatic carbocycles. The average Bonchev–Trinajstić information content (AvgIpc) is 2.77. The minimum absolute atomic E-state index is 0.242. The number of nitrogens with zero attached hydrogens (tertiary/aromatic N) is 4. The Bertz CT molecular complexity index is 715. The van der Waals surface area contributed by atoms with Crippen molar-refractivity contribution in [2.45, 2.75) is 0 Å². The van der Waals surface area contributed by atoms with Gasteiger partial charge >= 0.3 is 6.01 Å². The van der Waals surface area contributed by atoms with Crippen LogP contribution < -0.4 is 20.7 Å². The molecule has 2 heterocycles. The van der Waals surface area contributed by atoms with E-state index in [2.05, 4.69) is 25.2 Å². The molecule has 0 amide bonds. The Morgan fingerprint density at radius 3 is 2.48 bits per heavy atom. The van der Waals surface area contributed by atoms with E-state index in [0.29, 0.717) is 70.4 Å². The van der Waals surface area contributed by atoms with Crippen LogP contribution in [0.4, 0.5) is 11.9 Å². The second-order valence-electron chi connectivity index (χ2n) is 6.20. The van der Waals surface area contributed by atoms with Crippen molar-refractivity contribution in [1.82, 2.24) is 15.0 Å². The normalized spacial score (nSPS) is 14.0. The molecular weight excluding hydrogens is 376 g/mol. The summed E-state index contributed by atoms with van der Waals surface area (Å²) in [5.74, 6) is 1.67. The van der Waals surface area contributed by atoms with Crippen molar-refractivity contribution in [3.63, 3.8) is 0 Å². The number of nitrogens with one attached hydrogen (secondary N) is 1. The maximum Gasteiger partial charge on any atom is 0.328 e. The molecule has 10 heteroatoms. The zero-order valence-electron chi connectivity index (χ0n) is 16.5. The van der Waals surface area contributed by atoms with Crippen molar-refractivity contribution in [3.8, 4) is 11.8 Å². The molecule has 1 aliphatic rings. The molecule has 1 fully saturated rings. The number of benzene rings is 1. The third kappa shape index (κ3) is 7.42. The highest BCUT2D eigenvalue weighted by Crippen LogP contribution is 2.21. The van der Waals surface area contributed by atoms with Crippen LogP contribution in [0, 0.1) is 0 Å². The van der Waals surface area contributed by atoms with Crippen molar-refractivity contribution >= 4 is 11.9 Å². The zero-order valence-corrected chi connectivity index (χ0v) is 16.5. The Labute approximate surface area is 170 Å². The maximum atomic E-state index is 5.81. The summed E-state index contributed by atoms with van der Waals surface area (Å²) in [5, 5.41) is 3.17. The molecule has 29 heavy (non-hydrogen) atoms. The summed E-state index contributed by atoms with van der Waals surface area (Å²) in [7, 11) is 0. The fraction of sp³-hybridized carbons (Fsp3) is 0.526. The van der Waals surface area contributed by atoms with E-state index in [9.17, 15) is 0 Å². The van der Waals surface area contributed by atoms with Crippen LogP contribution in [0.25, 0.3) is 0 Å². The van der Waals surface area contributed by atoms with Gasteiger partial charge < -0.3 is 34.9 Å². The first-order valence-electron chi connectivity index (χ1n) is 9.76. The predicted octanol–water partition coefficient (Wildman–Crippen LogP) is 0.904. The molecule has 0 unspecified atom stereocenters. The van der Waals surface area contributed by atoms with Crippen LogP contribution in [0.15, 0.2) is 30.3 Å². The number of anilines is 2. The number of nitrogens with two attached hydrogens (primary N) is 1. The largest absolute Gasteiger partial charge is 0.424 e. The maximum absolute atomic E-state index is 5.81. The third-order valence-electron chi connectivity index (χ3n) is 4.01. The van der Waals surface area contributed by atoms with Gasteiger partial charge in [-0.15, -0.1) is 0 Å². The molecule has 0 bridgehead atoms. The van der Waals surface area contributed by atoms with Crippen molar-refractivity contribution in [1.29, 1.82) is 0 Å². The quantitative estimate of drug-likeness (QED) is 0.494. The van der Waals surface area contributed by atoms with Crippen LogP contribution in [0.1, 0.15) is 0 Å². The van der Waals surface area contributed by atoms with Gasteiger partial charge in [-0.2, -0.15) is 15.0 Å². The van der Waals surface area contributed by atoms with Crippen molar-refractivity contribution in [2.75, 3.05) is 76.0 Å². The third-order valence-corrected chi connectivity index (χ3v) is 4.01. The standard InChI is InChI=1S/C19H28N6O4/c20-6-10-26-14-15-27-11-7-21-17-22-18(25-8-12-28-13-9-25)24-19(23-17)29-16-4-2-1-3-5-16/h1-5H,6-15,20H2,(H,21,22,23,24). The van der Waals surface area contributed by atoms with Crippen molar-refractivity contribution in [3.05, 3.63) is 30.3 Å². The molecule has 158 valence electrons. The lowest BCUT2D eigenvalue weighted by Crippen LogP contribution is -2.37. The lowest BCUT2D eigenvalue weighted by Gasteiger charge is -2.27. The molecule has 3 rings (SSSR count). The Morgan fingerprint density at radius 1 is 0.966 bits per heavy atom. The molecule has 3 N–H and O–H groups in total. The SMILES string of the molecule is NCCOCCOCCNc1nc(Oc2ccccc2)nc(N2CCOCC2)n1. The van der Waals surface area contributed by atoms with E-state index in [1.54, 1.807) is 0 Å². The molecular formula is C19H28N6O4. The summed E-state index contributed by atoms with van der Waals surface area (Å²) < 4.78 is 22.0. The first-order valence-corrected chi connectivity index (χ1v) is 9.76. The van der Waals surface area contributed by atoms with Gasteiger partial charge in [0.2, 0.25) is 11.9 Å². The van der Waals surface area contributed by atoms with Crippen LogP contribution in [0.5, 0.6) is 11.8 Å². The van der Waals surface area contributed by atoms with Gasteiger partial charge in [-0.25, -0.2) is 0 Å². The summed E-state index contributed by atoms with van der Waals surface area (Å²) >= 11 is 0. The van der Waals surface area contributed by atoms with E-state index in [1.165, 1.54) is 0 Å². The number of para-hydroxylation sites is 1. The van der Waals surface area contributed by atoms with E-state index < -0.39 is 0 Å². The zero-order chi connectivity index (χ0) is 20.2. The minimum atomic E-state index is 0.242. The van der Waals surface area contributed by atoms with Crippen LogP contribution >= 0.6 is 0 Å². The molecule has 2 aromatic rings. The van der Waals surface area contributed by atoms with E-state index >= 15 is 0 Å². The highest BCUT2D eigenvalue weighted by molar-refractivity contribution is 5.39. The Kier molecular flexibility index (Phi) is 8.86. The van der Waals surface area contributed by atoms with E-state index in [0.717, 1.165) is 13.1 Å². The molecule has 0 atom stereocenters. The van der Waals surface area contributed by atoms with Crippen molar-refractivity contribution in [2.24, 2.45) is 5.73 Å². The molecule has 10 nitrogen and oxygen atoms in total. The molecule has 1 saturated heterocycles. The summed E-state index contributed by atoms with van der Waals surface area (Å²) in [6.07, 6.45) is 0. The Balaban J connectivity index is 1.58. The first kappa shape index (κ1) is 21.2. The minimum Gasteiger partial charge on any atom is -0.424 e. The van der Waals surface area contributed by atoms with Gasteiger partial charge in [0, 0.05) is 26.2 Å². The number of rotatable bonds is 12. The molecule has 1 aliphatic heterocycles. The van der Waals surface area contributed by atoms with Gasteiger partial charge in [0.15, 0.2) is 0 Å². The van der Waals surface area contributed by atoms with E-state index in [4.69, 9.17) is 24.7 Å². The molecule has 1 aromatic heterocycles. The summed E-state index contributed by atoms with van der Waals surface area (Å²) in [4.78, 5) is 15.4. The Morgan fingerprint density at radius 2 is 1.72 bits per heavy atom. The smallest absolute Gasteiger partial charge is 0.328 e. The number of hydrogen-bond donors (Lipinski definition) is 2. The molecule has 0 spiro atoms. The molecule has 0 radical (unpaired) electrons. The summed E-state index contributed by atoms with van der Waals surface area (Å²) in [5.41, 5.74) is 5.37. The highest BCUT2D eigenvalue weighted by atomic mass is 16.5. The van der Waals surface area contributed by atoms with Gasteiger partial charge in [-0.3, -0.25) is 0 Å². The van der Waals surface area contributed by atoms with Gasteiger partial charge in [-0.1, -0.05) is 18.2 Å². The second-order valence-corrected chi connectivity index (χ2v) is 6.20. The number of morpholine rings is 1. The van der Waals surface area contributed by atoms with Gasteiger partial charge in [0.25, 0.3) is 0 Å². The fourth-order valence-corrected chi connectivity index (χ4v) is 2.61.